The minimum absolute atomic E-state index is 0.0428. The zero-order valence-electron chi connectivity index (χ0n) is 12.3. The smallest absolute Gasteiger partial charge is 0.283 e. The molecule has 0 aliphatic heterocycles. The Morgan fingerprint density at radius 2 is 2.00 bits per heavy atom. The summed E-state index contributed by atoms with van der Waals surface area (Å²) in [6.07, 6.45) is 3.87. The molecule has 0 aliphatic carbocycles. The van der Waals surface area contributed by atoms with E-state index in [1.165, 1.54) is 17.0 Å². The minimum Gasteiger partial charge on any atom is -0.370 e. The van der Waals surface area contributed by atoms with E-state index >= 15 is 0 Å². The Balaban J connectivity index is 2.77. The van der Waals surface area contributed by atoms with E-state index in [0.29, 0.717) is 5.82 Å². The molecule has 1 aromatic heterocycles. The zero-order chi connectivity index (χ0) is 17.4. The Morgan fingerprint density at radius 1 is 1.35 bits per heavy atom. The van der Waals surface area contributed by atoms with Gasteiger partial charge in [-0.3, -0.25) is 4.79 Å². The lowest BCUT2D eigenvalue weighted by Crippen LogP contribution is -2.24. The predicted molar refractivity (Wildman–Crippen MR) is 81.5 cm³/mol. The molecule has 8 nitrogen and oxygen atoms in total. The van der Waals surface area contributed by atoms with Crippen molar-refractivity contribution in [3.63, 3.8) is 0 Å². The van der Waals surface area contributed by atoms with E-state index < -0.39 is 33.1 Å². The average Bonchev–Trinajstić information content (AvgIpc) is 2.82. The molecule has 4 N–H and O–H groups in total. The van der Waals surface area contributed by atoms with Crippen LogP contribution < -0.4 is 11.5 Å². The van der Waals surface area contributed by atoms with E-state index in [-0.39, 0.29) is 10.6 Å². The van der Waals surface area contributed by atoms with Gasteiger partial charge in [0.2, 0.25) is 0 Å². The van der Waals surface area contributed by atoms with Crippen LogP contribution in [0.5, 0.6) is 0 Å². The summed E-state index contributed by atoms with van der Waals surface area (Å²) >= 11 is 0. The number of aryl methyl sites for hydroxylation is 1. The Hall–Kier alpha value is -2.75. The number of aliphatic imine (C=N–C) groups is 1. The highest BCUT2D eigenvalue weighted by Gasteiger charge is 2.22. The van der Waals surface area contributed by atoms with Gasteiger partial charge in [-0.15, -0.1) is 0 Å². The van der Waals surface area contributed by atoms with E-state index in [0.717, 1.165) is 18.4 Å². The first-order valence-electron chi connectivity index (χ1n) is 6.29. The van der Waals surface area contributed by atoms with Crippen LogP contribution in [0.2, 0.25) is 0 Å². The summed E-state index contributed by atoms with van der Waals surface area (Å²) in [5.41, 5.74) is 9.67. The fourth-order valence-electron chi connectivity index (χ4n) is 2.00. The summed E-state index contributed by atoms with van der Waals surface area (Å²) in [6, 6.07) is 1.84. The topological polar surface area (TPSA) is 133 Å². The molecule has 0 atom stereocenters. The number of halogens is 1. The number of nitrogens with zero attached hydrogens (tertiary/aromatic N) is 3. The van der Waals surface area contributed by atoms with Crippen molar-refractivity contribution < 1.29 is 17.6 Å². The fourth-order valence-corrected chi connectivity index (χ4v) is 2.87. The van der Waals surface area contributed by atoms with Crippen molar-refractivity contribution in [3.8, 4) is 5.69 Å². The summed E-state index contributed by atoms with van der Waals surface area (Å²) in [4.78, 5) is 18.8. The third-order valence-electron chi connectivity index (χ3n) is 2.99. The summed E-state index contributed by atoms with van der Waals surface area (Å²) in [7, 11) is -3.76. The predicted octanol–water partition coefficient (Wildman–Crippen LogP) is 0.137. The molecule has 1 amide bonds. The van der Waals surface area contributed by atoms with E-state index in [9.17, 15) is 17.6 Å². The third kappa shape index (κ3) is 3.37. The molecule has 1 aromatic carbocycles. The quantitative estimate of drug-likeness (QED) is 0.464. The van der Waals surface area contributed by atoms with Crippen LogP contribution in [-0.4, -0.2) is 36.1 Å². The van der Waals surface area contributed by atoms with Crippen LogP contribution in [0, 0.1) is 12.7 Å². The first-order chi connectivity index (χ1) is 10.6. The first-order valence-corrected chi connectivity index (χ1v) is 8.18. The van der Waals surface area contributed by atoms with E-state index in [1.54, 1.807) is 6.92 Å². The third-order valence-corrected chi connectivity index (χ3v) is 4.12. The second-order valence-electron chi connectivity index (χ2n) is 4.76. The van der Waals surface area contributed by atoms with Crippen LogP contribution in [0.25, 0.3) is 5.69 Å². The number of sulfone groups is 1. The Kier molecular flexibility index (Phi) is 4.19. The summed E-state index contributed by atoms with van der Waals surface area (Å²) < 4.78 is 39.7. The average molecular weight is 339 g/mol. The maximum atomic E-state index is 14.2. The molecule has 23 heavy (non-hydrogen) atoms. The number of nitrogens with two attached hydrogens (primary N) is 2. The lowest BCUT2D eigenvalue weighted by atomic mass is 10.1. The molecule has 0 radical (unpaired) electrons. The number of rotatable bonds is 3. The number of hydrogen-bond acceptors (Lipinski definition) is 4. The molecular weight excluding hydrogens is 325 g/mol. The molecule has 2 aromatic rings. The van der Waals surface area contributed by atoms with Gasteiger partial charge in [-0.2, -0.15) is 4.99 Å². The zero-order valence-corrected chi connectivity index (χ0v) is 13.1. The number of amides is 1. The molecule has 0 fully saturated rings. The molecule has 0 saturated heterocycles. The molecule has 122 valence electrons. The highest BCUT2D eigenvalue weighted by molar-refractivity contribution is 7.90. The summed E-state index contributed by atoms with van der Waals surface area (Å²) in [5.74, 6) is -2.11. The first kappa shape index (κ1) is 16.6. The van der Waals surface area contributed by atoms with Crippen LogP contribution >= 0.6 is 0 Å². The number of aromatic nitrogens is 2. The number of carbonyl (C=O) groups is 1. The lowest BCUT2D eigenvalue weighted by molar-refractivity contribution is 0.0998. The molecule has 2 rings (SSSR count). The maximum Gasteiger partial charge on any atom is 0.283 e. The second kappa shape index (κ2) is 5.80. The second-order valence-corrected chi connectivity index (χ2v) is 6.74. The van der Waals surface area contributed by atoms with Crippen LogP contribution in [0.4, 0.5) is 4.39 Å². The van der Waals surface area contributed by atoms with Crippen molar-refractivity contribution in [1.82, 2.24) is 9.55 Å². The summed E-state index contributed by atoms with van der Waals surface area (Å²) in [6.45, 7) is 1.63. The Labute approximate surface area is 131 Å². The Morgan fingerprint density at radius 3 is 2.48 bits per heavy atom. The molecule has 10 heteroatoms. The van der Waals surface area contributed by atoms with E-state index in [2.05, 4.69) is 9.98 Å². The van der Waals surface area contributed by atoms with Gasteiger partial charge in [0.1, 0.15) is 11.6 Å². The van der Waals surface area contributed by atoms with Gasteiger partial charge in [-0.1, -0.05) is 0 Å². The normalized spacial score (nSPS) is 11.3. The van der Waals surface area contributed by atoms with Crippen molar-refractivity contribution in [2.24, 2.45) is 16.5 Å². The van der Waals surface area contributed by atoms with Gasteiger partial charge in [0.25, 0.3) is 5.91 Å². The molecule has 0 unspecified atom stereocenters. The number of hydrogen-bond donors (Lipinski definition) is 2. The van der Waals surface area contributed by atoms with Crippen LogP contribution in [0.15, 0.2) is 34.4 Å². The number of guanidine groups is 1. The molecule has 0 saturated carbocycles. The van der Waals surface area contributed by atoms with Crippen molar-refractivity contribution in [2.75, 3.05) is 6.26 Å². The fraction of sp³-hybridized carbons (Fsp3) is 0.154. The van der Waals surface area contributed by atoms with Gasteiger partial charge in [-0.25, -0.2) is 17.8 Å². The molecule has 0 spiro atoms. The molecule has 0 bridgehead atoms. The van der Waals surface area contributed by atoms with Gasteiger partial charge < -0.3 is 16.0 Å². The van der Waals surface area contributed by atoms with Crippen molar-refractivity contribution >= 4 is 21.7 Å². The summed E-state index contributed by atoms with van der Waals surface area (Å²) in [5, 5.41) is 0. The number of imidazole rings is 1. The van der Waals surface area contributed by atoms with Gasteiger partial charge in [0.15, 0.2) is 15.8 Å². The molecule has 1 heterocycles. The van der Waals surface area contributed by atoms with Crippen molar-refractivity contribution in [2.45, 2.75) is 11.8 Å². The van der Waals surface area contributed by atoms with Gasteiger partial charge in [0.05, 0.1) is 16.1 Å². The maximum absolute atomic E-state index is 14.2. The van der Waals surface area contributed by atoms with Crippen LogP contribution in [0.3, 0.4) is 0 Å². The molecule has 0 aliphatic rings. The lowest BCUT2D eigenvalue weighted by Gasteiger charge is -2.12. The van der Waals surface area contributed by atoms with Crippen LogP contribution in [-0.2, 0) is 9.84 Å². The van der Waals surface area contributed by atoms with Gasteiger partial charge in [-0.05, 0) is 13.0 Å². The minimum atomic E-state index is -3.76. The van der Waals surface area contributed by atoms with Crippen LogP contribution in [0.1, 0.15) is 16.2 Å². The van der Waals surface area contributed by atoms with E-state index in [1.807, 2.05) is 0 Å². The van der Waals surface area contributed by atoms with E-state index in [4.69, 9.17) is 11.5 Å². The van der Waals surface area contributed by atoms with Gasteiger partial charge in [0, 0.05) is 24.7 Å². The highest BCUT2D eigenvalue weighted by Crippen LogP contribution is 2.25. The van der Waals surface area contributed by atoms with Crippen molar-refractivity contribution in [3.05, 3.63) is 41.7 Å². The molecular formula is C13H14FN5O3S. The van der Waals surface area contributed by atoms with Gasteiger partial charge >= 0.3 is 0 Å². The monoisotopic (exact) mass is 339 g/mol. The number of carbonyl (C=O) groups excluding carboxylic acids is 1. The largest absolute Gasteiger partial charge is 0.370 e. The SMILES string of the molecule is Cc1nccn1-c1cc(F)c(C(=O)N=C(N)N)cc1S(C)(=O)=O. The highest BCUT2D eigenvalue weighted by atomic mass is 32.2. The number of benzene rings is 1. The standard InChI is InChI=1S/C13H14FN5O3S/c1-7-17-3-4-19(7)10-6-9(14)8(12(20)18-13(15)16)5-11(10)23(2,21)22/h3-6H,1-2H3,(H4,15,16,18,20). The Bertz CT molecular complexity index is 914. The van der Waals surface area contributed by atoms with Crippen molar-refractivity contribution in [1.29, 1.82) is 0 Å².